The molecule has 118 valence electrons. The maximum absolute atomic E-state index is 12.5. The van der Waals surface area contributed by atoms with Crippen LogP contribution in [0.3, 0.4) is 0 Å². The van der Waals surface area contributed by atoms with Crippen molar-refractivity contribution in [2.24, 2.45) is 0 Å². The highest BCUT2D eigenvalue weighted by Gasteiger charge is 2.19. The zero-order valence-corrected chi connectivity index (χ0v) is 12.5. The largest absolute Gasteiger partial charge is 0.478 e. The van der Waals surface area contributed by atoms with Crippen molar-refractivity contribution in [1.29, 1.82) is 0 Å². The molecule has 0 aliphatic carbocycles. The van der Waals surface area contributed by atoms with E-state index < -0.39 is 16.7 Å². The van der Waals surface area contributed by atoms with Gasteiger partial charge in [-0.1, -0.05) is 0 Å². The molecule has 0 radical (unpaired) electrons. The van der Waals surface area contributed by atoms with Gasteiger partial charge in [0.2, 0.25) is 0 Å². The molecule has 2 rings (SSSR count). The number of nitro benzene ring substituents is 1. The molecule has 0 saturated heterocycles. The summed E-state index contributed by atoms with van der Waals surface area (Å²) in [7, 11) is 3.53. The second kappa shape index (κ2) is 6.27. The maximum Gasteiger partial charge on any atom is 0.336 e. The zero-order valence-electron chi connectivity index (χ0n) is 12.5. The van der Waals surface area contributed by atoms with E-state index in [0.717, 1.165) is 0 Å². The molecule has 0 bridgehead atoms. The van der Waals surface area contributed by atoms with Crippen LogP contribution in [0, 0.1) is 10.1 Å². The Bertz CT molecular complexity index is 782. The van der Waals surface area contributed by atoms with Gasteiger partial charge in [-0.15, -0.1) is 0 Å². The van der Waals surface area contributed by atoms with Crippen molar-refractivity contribution < 1.29 is 19.6 Å². The van der Waals surface area contributed by atoms with E-state index in [2.05, 4.69) is 0 Å². The molecular formula is C16H14N2O5. The number of ketones is 1. The predicted molar refractivity (Wildman–Crippen MR) is 84.3 cm³/mol. The Balaban J connectivity index is 2.46. The van der Waals surface area contributed by atoms with Crippen LogP contribution >= 0.6 is 0 Å². The molecule has 0 atom stereocenters. The second-order valence-electron chi connectivity index (χ2n) is 5.06. The van der Waals surface area contributed by atoms with E-state index in [4.69, 9.17) is 0 Å². The fraction of sp³-hybridized carbons (Fsp3) is 0.125. The number of aromatic carboxylic acids is 1. The number of carbonyl (C=O) groups is 2. The van der Waals surface area contributed by atoms with Gasteiger partial charge in [-0.05, 0) is 30.3 Å². The molecule has 2 aromatic rings. The quantitative estimate of drug-likeness (QED) is 0.517. The fourth-order valence-corrected chi connectivity index (χ4v) is 2.08. The minimum absolute atomic E-state index is 0.0388. The Labute approximate surface area is 131 Å². The summed E-state index contributed by atoms with van der Waals surface area (Å²) in [6.45, 7) is 0. The van der Waals surface area contributed by atoms with Crippen LogP contribution in [0.25, 0.3) is 0 Å². The first-order chi connectivity index (χ1) is 10.8. The van der Waals surface area contributed by atoms with Crippen LogP contribution in [0.1, 0.15) is 26.3 Å². The highest BCUT2D eigenvalue weighted by atomic mass is 16.6. The maximum atomic E-state index is 12.5. The molecule has 7 nitrogen and oxygen atoms in total. The molecule has 7 heteroatoms. The SMILES string of the molecule is CN(C)c1ccc(C(=O)c2ccc([N+](=O)[O-])cc2)c(C(=O)O)c1. The number of carboxylic acids is 1. The third-order valence-electron chi connectivity index (χ3n) is 3.33. The summed E-state index contributed by atoms with van der Waals surface area (Å²) in [5.41, 5.74) is 0.637. The minimum atomic E-state index is -1.21. The van der Waals surface area contributed by atoms with Crippen LogP contribution in [0.2, 0.25) is 0 Å². The molecule has 0 unspecified atom stereocenters. The number of nitro groups is 1. The topological polar surface area (TPSA) is 101 Å². The van der Waals surface area contributed by atoms with Crippen LogP contribution in [0.15, 0.2) is 42.5 Å². The summed E-state index contributed by atoms with van der Waals surface area (Å²) in [5, 5.41) is 20.0. The lowest BCUT2D eigenvalue weighted by Gasteiger charge is -2.14. The van der Waals surface area contributed by atoms with Gasteiger partial charge in [-0.25, -0.2) is 4.79 Å². The van der Waals surface area contributed by atoms with Gasteiger partial charge < -0.3 is 10.0 Å². The van der Waals surface area contributed by atoms with Crippen molar-refractivity contribution in [3.05, 3.63) is 69.3 Å². The molecule has 0 heterocycles. The summed E-state index contributed by atoms with van der Waals surface area (Å²) in [6.07, 6.45) is 0. The Morgan fingerprint density at radius 1 is 1.04 bits per heavy atom. The van der Waals surface area contributed by atoms with Gasteiger partial charge in [0.05, 0.1) is 10.5 Å². The van der Waals surface area contributed by atoms with Crippen LogP contribution < -0.4 is 4.90 Å². The summed E-state index contributed by atoms with van der Waals surface area (Å²) >= 11 is 0. The Kier molecular flexibility index (Phi) is 4.40. The average Bonchev–Trinajstić information content (AvgIpc) is 2.53. The summed E-state index contributed by atoms with van der Waals surface area (Å²) in [5.74, 6) is -1.71. The molecule has 0 fully saturated rings. The van der Waals surface area contributed by atoms with Gasteiger partial charge in [0, 0.05) is 43.0 Å². The number of carbonyl (C=O) groups excluding carboxylic acids is 1. The normalized spacial score (nSPS) is 10.2. The number of anilines is 1. The second-order valence-corrected chi connectivity index (χ2v) is 5.06. The van der Waals surface area contributed by atoms with E-state index in [1.54, 1.807) is 25.1 Å². The van der Waals surface area contributed by atoms with Crippen molar-refractivity contribution in [3.8, 4) is 0 Å². The number of rotatable bonds is 5. The molecule has 0 aliphatic heterocycles. The average molecular weight is 314 g/mol. The monoisotopic (exact) mass is 314 g/mol. The van der Waals surface area contributed by atoms with E-state index in [9.17, 15) is 24.8 Å². The highest BCUT2D eigenvalue weighted by Crippen LogP contribution is 2.22. The first kappa shape index (κ1) is 16.2. The molecular weight excluding hydrogens is 300 g/mol. The number of nitrogens with zero attached hydrogens (tertiary/aromatic N) is 2. The Hall–Kier alpha value is -3.22. The summed E-state index contributed by atoms with van der Waals surface area (Å²) in [4.78, 5) is 35.7. The molecule has 0 aromatic heterocycles. The Morgan fingerprint density at radius 3 is 2.13 bits per heavy atom. The number of hydrogen-bond acceptors (Lipinski definition) is 5. The number of hydrogen-bond donors (Lipinski definition) is 1. The van der Waals surface area contributed by atoms with E-state index in [0.29, 0.717) is 5.69 Å². The summed E-state index contributed by atoms with van der Waals surface area (Å²) < 4.78 is 0. The van der Waals surface area contributed by atoms with Crippen LogP contribution in [-0.2, 0) is 0 Å². The van der Waals surface area contributed by atoms with Crippen molar-refractivity contribution in [1.82, 2.24) is 0 Å². The fourth-order valence-electron chi connectivity index (χ4n) is 2.08. The van der Waals surface area contributed by atoms with Crippen molar-refractivity contribution in [2.75, 3.05) is 19.0 Å². The molecule has 0 saturated carbocycles. The lowest BCUT2D eigenvalue weighted by Crippen LogP contribution is -2.14. The molecule has 0 amide bonds. The van der Waals surface area contributed by atoms with Gasteiger partial charge in [0.15, 0.2) is 5.78 Å². The van der Waals surface area contributed by atoms with Gasteiger partial charge in [0.1, 0.15) is 0 Å². The lowest BCUT2D eigenvalue weighted by atomic mass is 9.97. The van der Waals surface area contributed by atoms with Crippen molar-refractivity contribution >= 4 is 23.1 Å². The minimum Gasteiger partial charge on any atom is -0.478 e. The third kappa shape index (κ3) is 3.34. The Morgan fingerprint density at radius 2 is 1.65 bits per heavy atom. The van der Waals surface area contributed by atoms with Gasteiger partial charge in [0.25, 0.3) is 5.69 Å². The molecule has 1 N–H and O–H groups in total. The number of carboxylic acid groups (broad SMARTS) is 1. The highest BCUT2D eigenvalue weighted by molar-refractivity contribution is 6.14. The van der Waals surface area contributed by atoms with E-state index in [-0.39, 0.29) is 22.4 Å². The predicted octanol–water partition coefficient (Wildman–Crippen LogP) is 2.59. The van der Waals surface area contributed by atoms with Gasteiger partial charge in [-0.2, -0.15) is 0 Å². The number of non-ortho nitro benzene ring substituents is 1. The summed E-state index contributed by atoms with van der Waals surface area (Å²) in [6, 6.07) is 9.55. The lowest BCUT2D eigenvalue weighted by molar-refractivity contribution is -0.384. The molecule has 0 aliphatic rings. The first-order valence-electron chi connectivity index (χ1n) is 6.65. The van der Waals surface area contributed by atoms with Crippen LogP contribution in [0.4, 0.5) is 11.4 Å². The van der Waals surface area contributed by atoms with Crippen LogP contribution in [0.5, 0.6) is 0 Å². The first-order valence-corrected chi connectivity index (χ1v) is 6.65. The smallest absolute Gasteiger partial charge is 0.336 e. The van der Waals surface area contributed by atoms with E-state index >= 15 is 0 Å². The van der Waals surface area contributed by atoms with E-state index in [1.165, 1.54) is 36.4 Å². The van der Waals surface area contributed by atoms with Crippen molar-refractivity contribution in [3.63, 3.8) is 0 Å². The molecule has 23 heavy (non-hydrogen) atoms. The molecule has 0 spiro atoms. The van der Waals surface area contributed by atoms with Gasteiger partial charge in [-0.3, -0.25) is 14.9 Å². The van der Waals surface area contributed by atoms with Gasteiger partial charge >= 0.3 is 5.97 Å². The zero-order chi connectivity index (χ0) is 17.1. The standard InChI is InChI=1S/C16H14N2O5/c1-17(2)12-7-8-13(14(9-12)16(20)21)15(19)10-3-5-11(6-4-10)18(22)23/h3-9H,1-2H3,(H,20,21). The van der Waals surface area contributed by atoms with E-state index in [1.807, 2.05) is 0 Å². The van der Waals surface area contributed by atoms with Crippen molar-refractivity contribution in [2.45, 2.75) is 0 Å². The molecule has 2 aromatic carbocycles. The third-order valence-corrected chi connectivity index (χ3v) is 3.33. The van der Waals surface area contributed by atoms with Crippen LogP contribution in [-0.4, -0.2) is 35.9 Å². The number of benzene rings is 2.